The van der Waals surface area contributed by atoms with Gasteiger partial charge in [0.2, 0.25) is 0 Å². The summed E-state index contributed by atoms with van der Waals surface area (Å²) >= 11 is 0. The van der Waals surface area contributed by atoms with Crippen molar-refractivity contribution in [2.24, 2.45) is 14.1 Å². The van der Waals surface area contributed by atoms with E-state index in [1.54, 1.807) is 4.68 Å². The van der Waals surface area contributed by atoms with Gasteiger partial charge in [-0.1, -0.05) is 0 Å². The van der Waals surface area contributed by atoms with Crippen molar-refractivity contribution < 1.29 is 18.4 Å². The third-order valence-electron chi connectivity index (χ3n) is 4.44. The smallest absolute Gasteiger partial charge is 0.314 e. The molecular formula is C16H20F2N6O2. The number of likely N-dealkylation sites (tertiary alicyclic amines) is 1. The van der Waals surface area contributed by atoms with Crippen molar-refractivity contribution >= 4 is 17.5 Å². The third-order valence-corrected chi connectivity index (χ3v) is 4.44. The lowest BCUT2D eigenvalue weighted by molar-refractivity contribution is -0.143. The number of hydrogen-bond acceptors (Lipinski definition) is 4. The molecule has 140 valence electrons. The summed E-state index contributed by atoms with van der Waals surface area (Å²) in [6.07, 6.45) is 1.68. The largest absolute Gasteiger partial charge is 0.334 e. The highest BCUT2D eigenvalue weighted by molar-refractivity contribution is 6.39. The number of halogens is 2. The molecule has 0 bridgehead atoms. The van der Waals surface area contributed by atoms with Crippen molar-refractivity contribution in [3.8, 4) is 0 Å². The van der Waals surface area contributed by atoms with Crippen LogP contribution < -0.4 is 5.32 Å². The number of piperidine rings is 1. The van der Waals surface area contributed by atoms with E-state index in [2.05, 4.69) is 15.5 Å². The fourth-order valence-electron chi connectivity index (χ4n) is 3.11. The molecule has 1 saturated heterocycles. The Labute approximate surface area is 148 Å². The van der Waals surface area contributed by atoms with Crippen LogP contribution in [-0.2, 0) is 23.7 Å². The second kappa shape index (κ2) is 7.22. The fraction of sp³-hybridized carbons (Fsp3) is 0.500. The minimum absolute atomic E-state index is 0.149. The molecule has 0 radical (unpaired) electrons. The molecule has 3 heterocycles. The quantitative estimate of drug-likeness (QED) is 0.833. The minimum atomic E-state index is -2.84. The summed E-state index contributed by atoms with van der Waals surface area (Å²) in [7, 11) is 3.31. The maximum absolute atomic E-state index is 12.9. The molecule has 1 N–H and O–H groups in total. The van der Waals surface area contributed by atoms with Crippen molar-refractivity contribution in [3.63, 3.8) is 0 Å². The van der Waals surface area contributed by atoms with Crippen molar-refractivity contribution in [2.45, 2.75) is 25.2 Å². The number of aromatic nitrogens is 4. The van der Waals surface area contributed by atoms with E-state index in [1.165, 1.54) is 22.8 Å². The van der Waals surface area contributed by atoms with E-state index in [1.807, 2.05) is 19.3 Å². The number of rotatable bonds is 3. The van der Waals surface area contributed by atoms with Gasteiger partial charge in [-0.2, -0.15) is 10.2 Å². The van der Waals surface area contributed by atoms with E-state index < -0.39 is 23.9 Å². The highest BCUT2D eigenvalue weighted by Gasteiger charge is 2.29. The monoisotopic (exact) mass is 366 g/mol. The predicted molar refractivity (Wildman–Crippen MR) is 88.6 cm³/mol. The molecule has 1 aliphatic rings. The number of nitrogens with one attached hydrogen (secondary N) is 1. The van der Waals surface area contributed by atoms with E-state index in [0.717, 1.165) is 5.69 Å². The zero-order valence-corrected chi connectivity index (χ0v) is 14.5. The number of nitrogens with zero attached hydrogens (tertiary/aromatic N) is 5. The molecule has 2 aromatic rings. The summed E-state index contributed by atoms with van der Waals surface area (Å²) in [4.78, 5) is 25.9. The maximum atomic E-state index is 12.9. The molecule has 3 rings (SSSR count). The van der Waals surface area contributed by atoms with Crippen molar-refractivity contribution in [1.82, 2.24) is 24.5 Å². The van der Waals surface area contributed by atoms with Gasteiger partial charge < -0.3 is 10.2 Å². The van der Waals surface area contributed by atoms with Crippen LogP contribution in [0.2, 0.25) is 0 Å². The molecular weight excluding hydrogens is 346 g/mol. The Bertz CT molecular complexity index is 808. The second-order valence-electron chi connectivity index (χ2n) is 6.34. The Kier molecular flexibility index (Phi) is 5.01. The standard InChI is InChI=1S/C16H20F2N6O2/c1-22-6-5-11(20-22)10-3-7-24(8-4-10)16(26)15(25)19-12-9-23(2)21-13(12)14(17)18/h5-6,9-10,14H,3-4,7-8H2,1-2H3,(H,19,25). The molecule has 1 fully saturated rings. The lowest BCUT2D eigenvalue weighted by Crippen LogP contribution is -2.44. The van der Waals surface area contributed by atoms with Gasteiger partial charge in [-0.3, -0.25) is 19.0 Å². The summed E-state index contributed by atoms with van der Waals surface area (Å²) in [5.41, 5.74) is 0.271. The van der Waals surface area contributed by atoms with Gasteiger partial charge in [-0.15, -0.1) is 0 Å². The Morgan fingerprint density at radius 3 is 2.46 bits per heavy atom. The first-order chi connectivity index (χ1) is 12.3. The summed E-state index contributed by atoms with van der Waals surface area (Å²) in [6.45, 7) is 0.838. The molecule has 0 aliphatic carbocycles. The van der Waals surface area contributed by atoms with Gasteiger partial charge in [-0.25, -0.2) is 8.78 Å². The Balaban J connectivity index is 1.59. The van der Waals surface area contributed by atoms with Crippen LogP contribution in [-0.4, -0.2) is 49.4 Å². The molecule has 0 saturated carbocycles. The minimum Gasteiger partial charge on any atom is -0.334 e. The number of hydrogen-bond donors (Lipinski definition) is 1. The number of carbonyl (C=O) groups is 2. The van der Waals surface area contributed by atoms with Crippen LogP contribution in [0.4, 0.5) is 14.5 Å². The molecule has 2 aromatic heterocycles. The third kappa shape index (κ3) is 3.73. The first kappa shape index (κ1) is 18.0. The summed E-state index contributed by atoms with van der Waals surface area (Å²) < 4.78 is 28.7. The van der Waals surface area contributed by atoms with Crippen LogP contribution in [0, 0.1) is 0 Å². The Morgan fingerprint density at radius 1 is 1.19 bits per heavy atom. The van der Waals surface area contributed by atoms with Gasteiger partial charge in [-0.05, 0) is 18.9 Å². The molecule has 1 aliphatic heterocycles. The van der Waals surface area contributed by atoms with Crippen LogP contribution in [0.15, 0.2) is 18.5 Å². The van der Waals surface area contributed by atoms with E-state index in [-0.39, 0.29) is 11.6 Å². The first-order valence-electron chi connectivity index (χ1n) is 8.26. The topological polar surface area (TPSA) is 85.0 Å². The van der Waals surface area contributed by atoms with Crippen LogP contribution in [0.5, 0.6) is 0 Å². The van der Waals surface area contributed by atoms with Crippen LogP contribution >= 0.6 is 0 Å². The average Bonchev–Trinajstić information content (AvgIpc) is 3.20. The van der Waals surface area contributed by atoms with E-state index >= 15 is 0 Å². The zero-order chi connectivity index (χ0) is 18.8. The van der Waals surface area contributed by atoms with Crippen LogP contribution in [0.1, 0.15) is 36.6 Å². The van der Waals surface area contributed by atoms with E-state index in [9.17, 15) is 18.4 Å². The number of aryl methyl sites for hydroxylation is 2. The average molecular weight is 366 g/mol. The zero-order valence-electron chi connectivity index (χ0n) is 14.5. The summed E-state index contributed by atoms with van der Waals surface area (Å²) in [6, 6.07) is 1.95. The molecule has 8 nitrogen and oxygen atoms in total. The highest BCUT2D eigenvalue weighted by Crippen LogP contribution is 2.27. The first-order valence-corrected chi connectivity index (χ1v) is 8.26. The van der Waals surface area contributed by atoms with E-state index in [0.29, 0.717) is 25.9 Å². The summed E-state index contributed by atoms with van der Waals surface area (Å²) in [5, 5.41) is 10.2. The van der Waals surface area contributed by atoms with Crippen LogP contribution in [0.3, 0.4) is 0 Å². The molecule has 0 atom stereocenters. The van der Waals surface area contributed by atoms with Crippen molar-refractivity contribution in [2.75, 3.05) is 18.4 Å². The maximum Gasteiger partial charge on any atom is 0.314 e. The number of amides is 2. The van der Waals surface area contributed by atoms with Gasteiger partial charge in [0.1, 0.15) is 0 Å². The summed E-state index contributed by atoms with van der Waals surface area (Å²) in [5.74, 6) is -1.42. The predicted octanol–water partition coefficient (Wildman–Crippen LogP) is 1.44. The molecule has 2 amide bonds. The van der Waals surface area contributed by atoms with Gasteiger partial charge in [0, 0.05) is 45.5 Å². The van der Waals surface area contributed by atoms with Gasteiger partial charge >= 0.3 is 11.8 Å². The fourth-order valence-corrected chi connectivity index (χ4v) is 3.11. The Hall–Kier alpha value is -2.78. The second-order valence-corrected chi connectivity index (χ2v) is 6.34. The Morgan fingerprint density at radius 2 is 1.88 bits per heavy atom. The lowest BCUT2D eigenvalue weighted by Gasteiger charge is -2.30. The number of carbonyl (C=O) groups excluding carboxylic acids is 2. The lowest BCUT2D eigenvalue weighted by atomic mass is 9.93. The van der Waals surface area contributed by atoms with Crippen molar-refractivity contribution in [1.29, 1.82) is 0 Å². The number of alkyl halides is 2. The normalized spacial score (nSPS) is 15.5. The van der Waals surface area contributed by atoms with Gasteiger partial charge in [0.25, 0.3) is 6.43 Å². The SMILES string of the molecule is Cn1ccc(C2CCN(C(=O)C(=O)Nc3cn(C)nc3C(F)F)CC2)n1. The molecule has 0 aromatic carbocycles. The molecule has 26 heavy (non-hydrogen) atoms. The van der Waals surface area contributed by atoms with Gasteiger partial charge in [0.05, 0.1) is 11.4 Å². The van der Waals surface area contributed by atoms with E-state index in [4.69, 9.17) is 0 Å². The highest BCUT2D eigenvalue weighted by atomic mass is 19.3. The van der Waals surface area contributed by atoms with Crippen molar-refractivity contribution in [3.05, 3.63) is 29.8 Å². The molecule has 0 spiro atoms. The van der Waals surface area contributed by atoms with Crippen LogP contribution in [0.25, 0.3) is 0 Å². The number of anilines is 1. The molecule has 0 unspecified atom stereocenters. The molecule has 10 heteroatoms. The van der Waals surface area contributed by atoms with Gasteiger partial charge in [0.15, 0.2) is 5.69 Å².